The molecule has 0 radical (unpaired) electrons. The van der Waals surface area contributed by atoms with Gasteiger partial charge in [0.1, 0.15) is 5.69 Å². The van der Waals surface area contributed by atoms with Crippen LogP contribution in [0.4, 0.5) is 34.9 Å². The first kappa shape index (κ1) is 33.0. The highest BCUT2D eigenvalue weighted by Crippen LogP contribution is 2.44. The number of anilines is 4. The number of aromatic hydroxyl groups is 1. The Kier molecular flexibility index (Phi) is 11.6. The third-order valence-electron chi connectivity index (χ3n) is 6.11. The van der Waals surface area contributed by atoms with Crippen LogP contribution in [-0.4, -0.2) is 67.1 Å². The number of benzene rings is 4. The normalized spacial score (nSPS) is 11.5. The summed E-state index contributed by atoms with van der Waals surface area (Å²) in [7, 11) is 0. The fraction of sp³-hybridized carbons (Fsp3) is 0.148. The van der Waals surface area contributed by atoms with Crippen molar-refractivity contribution in [2.75, 3.05) is 42.3 Å². The molecule has 0 bridgehead atoms. The van der Waals surface area contributed by atoms with Crippen LogP contribution in [0.1, 0.15) is 0 Å². The average Bonchev–Trinajstić information content (AvgIpc) is 3.07. The van der Waals surface area contributed by atoms with Crippen LogP contribution in [0.15, 0.2) is 80.7 Å². The van der Waals surface area contributed by atoms with E-state index < -0.39 is 0 Å². The highest BCUT2D eigenvalue weighted by molar-refractivity contribution is 7.94. The van der Waals surface area contributed by atoms with E-state index in [4.69, 9.17) is 20.7 Å². The van der Waals surface area contributed by atoms with Crippen molar-refractivity contribution in [1.29, 1.82) is 0 Å². The van der Waals surface area contributed by atoms with Gasteiger partial charge in [0, 0.05) is 29.1 Å². The molecular weight excluding hydrogens is 644 g/mol. The number of aliphatic hydroxyl groups is 2. The largest absolute Gasteiger partial charge is 0.505 e. The van der Waals surface area contributed by atoms with Crippen molar-refractivity contribution in [3.63, 3.8) is 0 Å². The highest BCUT2D eigenvalue weighted by atomic mass is 32.2. The van der Waals surface area contributed by atoms with Gasteiger partial charge in [0.05, 0.1) is 47.9 Å². The Morgan fingerprint density at radius 1 is 0.696 bits per heavy atom. The number of fused-ring (bicyclic) bond motifs is 2. The zero-order valence-electron chi connectivity index (χ0n) is 23.5. The Morgan fingerprint density at radius 2 is 1.37 bits per heavy atom. The second kappa shape index (κ2) is 16.2. The molecule has 0 spiro atoms. The summed E-state index contributed by atoms with van der Waals surface area (Å²) in [6.07, 6.45) is 0. The van der Waals surface area contributed by atoms with E-state index in [0.29, 0.717) is 39.1 Å². The molecule has 0 amide bonds. The summed E-state index contributed by atoms with van der Waals surface area (Å²) in [5.74, 6) is 0.391. The number of rotatable bonds is 16. The number of phenols is 1. The van der Waals surface area contributed by atoms with Gasteiger partial charge >= 0.3 is 0 Å². The second-order valence-electron chi connectivity index (χ2n) is 9.08. The van der Waals surface area contributed by atoms with E-state index >= 15 is 0 Å². The summed E-state index contributed by atoms with van der Waals surface area (Å²) >= 11 is 1.46. The first-order valence-corrected chi connectivity index (χ1v) is 14.8. The van der Waals surface area contributed by atoms with Crippen LogP contribution in [0.2, 0.25) is 0 Å². The molecule has 17 nitrogen and oxygen atoms in total. The standard InChI is InChI=1S/C27H26N8O9S2/c36-9-7-28-25-31-26(29-8-10-37)33-27(32-25)30-18-4-6-21-17(12-18)14-22(46-44-42-40)23(24(21)38)35-34-19-3-1-16-13-20(45-43-41-39)5-2-15(16)11-19/h1-6,11-14,36-40H,7-10H2,(H3,28,29,30,31,32,33). The number of azo groups is 1. The number of aromatic nitrogens is 3. The summed E-state index contributed by atoms with van der Waals surface area (Å²) in [4.78, 5) is 13.8. The van der Waals surface area contributed by atoms with Gasteiger partial charge in [0.2, 0.25) is 17.8 Å². The monoisotopic (exact) mass is 670 g/mol. The van der Waals surface area contributed by atoms with Gasteiger partial charge in [-0.1, -0.05) is 22.2 Å². The molecule has 1 aromatic heterocycles. The maximum absolute atomic E-state index is 11.2. The summed E-state index contributed by atoms with van der Waals surface area (Å²) in [6, 6.07) is 17.5. The van der Waals surface area contributed by atoms with Crippen LogP contribution >= 0.6 is 24.1 Å². The average molecular weight is 671 g/mol. The molecule has 0 saturated carbocycles. The molecule has 5 aromatic rings. The van der Waals surface area contributed by atoms with Gasteiger partial charge in [0.25, 0.3) is 0 Å². The predicted octanol–water partition coefficient (Wildman–Crippen LogP) is 5.71. The van der Waals surface area contributed by atoms with Crippen LogP contribution in [-0.2, 0) is 18.7 Å². The molecule has 0 atom stereocenters. The van der Waals surface area contributed by atoms with Gasteiger partial charge in [0.15, 0.2) is 5.75 Å². The number of hydrogen-bond donors (Lipinski definition) is 8. The highest BCUT2D eigenvalue weighted by Gasteiger charge is 2.16. The Balaban J connectivity index is 1.44. The fourth-order valence-corrected chi connectivity index (χ4v) is 5.09. The van der Waals surface area contributed by atoms with Gasteiger partial charge in [-0.2, -0.15) is 20.1 Å². The maximum Gasteiger partial charge on any atom is 0.233 e. The molecule has 0 unspecified atom stereocenters. The van der Waals surface area contributed by atoms with Crippen LogP contribution in [0.3, 0.4) is 0 Å². The molecule has 0 aliphatic rings. The number of nitrogens with zero attached hydrogens (tertiary/aromatic N) is 5. The van der Waals surface area contributed by atoms with Gasteiger partial charge in [-0.05, 0) is 64.7 Å². The first-order chi connectivity index (χ1) is 22.5. The summed E-state index contributed by atoms with van der Waals surface area (Å²) in [5.41, 5.74) is 1.12. The van der Waals surface area contributed by atoms with Crippen molar-refractivity contribution >= 4 is 80.5 Å². The Bertz CT molecular complexity index is 1810. The van der Waals surface area contributed by atoms with Crippen molar-refractivity contribution < 1.29 is 44.6 Å². The summed E-state index contributed by atoms with van der Waals surface area (Å²) in [6.45, 7) is 0.182. The number of phenolic OH excluding ortho intramolecular Hbond substituents is 1. The van der Waals surface area contributed by atoms with E-state index in [9.17, 15) is 5.11 Å². The van der Waals surface area contributed by atoms with Crippen molar-refractivity contribution in [3.8, 4) is 5.75 Å². The number of nitrogens with one attached hydrogen (secondary N) is 3. The van der Waals surface area contributed by atoms with Gasteiger partial charge in [-0.15, -0.1) is 13.8 Å². The molecule has 0 fully saturated rings. The number of aliphatic hydroxyl groups excluding tert-OH is 2. The fourth-order valence-electron chi connectivity index (χ4n) is 4.18. The Morgan fingerprint density at radius 3 is 2.09 bits per heavy atom. The molecule has 46 heavy (non-hydrogen) atoms. The third kappa shape index (κ3) is 8.44. The van der Waals surface area contributed by atoms with E-state index in [1.165, 1.54) is 0 Å². The van der Waals surface area contributed by atoms with Crippen molar-refractivity contribution in [2.45, 2.75) is 9.79 Å². The van der Waals surface area contributed by atoms with E-state index in [1.807, 2.05) is 18.2 Å². The minimum atomic E-state index is -0.198. The SMILES string of the molecule is OCCNc1nc(NCCO)nc(Nc2ccc3c(O)c(N=Nc4ccc5cc(SOOO)ccc5c4)c(SOOO)cc3c2)n1. The molecule has 19 heteroatoms. The van der Waals surface area contributed by atoms with Crippen LogP contribution in [0, 0.1) is 0 Å². The maximum atomic E-state index is 11.2. The van der Waals surface area contributed by atoms with Gasteiger partial charge in [-0.3, -0.25) is 0 Å². The lowest BCUT2D eigenvalue weighted by atomic mass is 10.1. The molecular formula is C27H26N8O9S2. The molecule has 240 valence electrons. The van der Waals surface area contributed by atoms with Crippen molar-refractivity contribution in [1.82, 2.24) is 15.0 Å². The summed E-state index contributed by atoms with van der Waals surface area (Å²) in [5, 5.41) is 74.2. The Labute approximate surface area is 268 Å². The molecule has 1 heterocycles. The van der Waals surface area contributed by atoms with Gasteiger partial charge < -0.3 is 31.3 Å². The second-order valence-corrected chi connectivity index (χ2v) is 10.6. The minimum Gasteiger partial charge on any atom is -0.505 e. The lowest BCUT2D eigenvalue weighted by Crippen LogP contribution is -2.14. The first-order valence-electron chi connectivity index (χ1n) is 13.3. The zero-order chi connectivity index (χ0) is 32.3. The lowest BCUT2D eigenvalue weighted by Gasteiger charge is -2.12. The number of hydrogen-bond acceptors (Lipinski definition) is 19. The van der Waals surface area contributed by atoms with E-state index in [1.54, 1.807) is 42.5 Å². The smallest absolute Gasteiger partial charge is 0.233 e. The van der Waals surface area contributed by atoms with Gasteiger partial charge in [-0.25, -0.2) is 10.5 Å². The van der Waals surface area contributed by atoms with E-state index in [0.717, 1.165) is 22.8 Å². The minimum absolute atomic E-state index is 0.0694. The third-order valence-corrected chi connectivity index (χ3v) is 7.30. The van der Waals surface area contributed by atoms with E-state index in [2.05, 4.69) is 59.9 Å². The molecule has 0 aliphatic carbocycles. The van der Waals surface area contributed by atoms with Crippen LogP contribution in [0.5, 0.6) is 5.75 Å². The van der Waals surface area contributed by atoms with E-state index in [-0.39, 0.29) is 60.5 Å². The lowest BCUT2D eigenvalue weighted by molar-refractivity contribution is -0.432. The molecule has 8 N–H and O–H groups in total. The molecule has 5 rings (SSSR count). The molecule has 4 aromatic carbocycles. The summed E-state index contributed by atoms with van der Waals surface area (Å²) < 4.78 is 9.13. The predicted molar refractivity (Wildman–Crippen MR) is 169 cm³/mol. The van der Waals surface area contributed by atoms with Crippen LogP contribution < -0.4 is 16.0 Å². The van der Waals surface area contributed by atoms with Crippen LogP contribution in [0.25, 0.3) is 21.5 Å². The Hall–Kier alpha value is -4.41. The quantitative estimate of drug-likeness (QED) is 0.0271. The zero-order valence-corrected chi connectivity index (χ0v) is 25.2. The van der Waals surface area contributed by atoms with Crippen molar-refractivity contribution in [2.24, 2.45) is 10.2 Å². The molecule has 0 saturated heterocycles. The van der Waals surface area contributed by atoms with Crippen molar-refractivity contribution in [3.05, 3.63) is 60.7 Å². The molecule has 0 aliphatic heterocycles. The topological polar surface area (TPSA) is 238 Å².